The Morgan fingerprint density at radius 1 is 1.35 bits per heavy atom. The lowest BCUT2D eigenvalue weighted by atomic mass is 9.93. The standard InChI is InChI=1S/C11H18F3NO2/c1-9(16)10-2-4-15(5-3-10)6-7-17-8-11(12,13)14/h10H,2-8H2,1H3. The van der Waals surface area contributed by atoms with Crippen molar-refractivity contribution in [3.05, 3.63) is 0 Å². The molecule has 0 radical (unpaired) electrons. The third kappa shape index (κ3) is 6.02. The molecule has 0 aromatic rings. The van der Waals surface area contributed by atoms with Gasteiger partial charge < -0.3 is 9.64 Å². The molecule has 0 aromatic heterocycles. The van der Waals surface area contributed by atoms with Crippen molar-refractivity contribution in [2.75, 3.05) is 32.8 Å². The molecule has 17 heavy (non-hydrogen) atoms. The third-order valence-electron chi connectivity index (χ3n) is 2.98. The predicted molar refractivity (Wildman–Crippen MR) is 56.7 cm³/mol. The van der Waals surface area contributed by atoms with Gasteiger partial charge in [-0.2, -0.15) is 13.2 Å². The Labute approximate surface area is 98.9 Å². The van der Waals surface area contributed by atoms with Gasteiger partial charge in [0, 0.05) is 12.5 Å². The minimum atomic E-state index is -4.25. The van der Waals surface area contributed by atoms with Crippen molar-refractivity contribution < 1.29 is 22.7 Å². The molecule has 0 atom stereocenters. The summed E-state index contributed by atoms with van der Waals surface area (Å²) < 4.78 is 39.9. The van der Waals surface area contributed by atoms with Crippen LogP contribution in [0.5, 0.6) is 0 Å². The van der Waals surface area contributed by atoms with E-state index in [1.54, 1.807) is 6.92 Å². The van der Waals surface area contributed by atoms with Gasteiger partial charge in [-0.1, -0.05) is 0 Å². The number of halogens is 3. The molecule has 0 aromatic carbocycles. The van der Waals surface area contributed by atoms with Crippen LogP contribution in [0, 0.1) is 5.92 Å². The number of likely N-dealkylation sites (tertiary alicyclic amines) is 1. The minimum absolute atomic E-state index is 0.0875. The number of nitrogens with zero attached hydrogens (tertiary/aromatic N) is 1. The summed E-state index contributed by atoms with van der Waals surface area (Å²) in [4.78, 5) is 13.1. The van der Waals surface area contributed by atoms with E-state index in [4.69, 9.17) is 0 Å². The molecule has 0 N–H and O–H groups in total. The molecular formula is C11H18F3NO2. The number of piperidine rings is 1. The summed E-state index contributed by atoms with van der Waals surface area (Å²) in [6.45, 7) is 2.52. The van der Waals surface area contributed by atoms with Gasteiger partial charge in [-0.15, -0.1) is 0 Å². The van der Waals surface area contributed by atoms with Crippen LogP contribution in [-0.4, -0.2) is 49.7 Å². The predicted octanol–water partition coefficient (Wildman–Crippen LogP) is 1.87. The van der Waals surface area contributed by atoms with E-state index >= 15 is 0 Å². The molecule has 3 nitrogen and oxygen atoms in total. The number of Topliss-reactive ketones (excluding diaryl/α,β-unsaturated/α-hetero) is 1. The van der Waals surface area contributed by atoms with E-state index in [1.165, 1.54) is 0 Å². The molecule has 1 rings (SSSR count). The zero-order valence-corrected chi connectivity index (χ0v) is 9.92. The number of ether oxygens (including phenoxy) is 1. The summed E-state index contributed by atoms with van der Waals surface area (Å²) >= 11 is 0. The molecule has 0 bridgehead atoms. The van der Waals surface area contributed by atoms with Gasteiger partial charge in [-0.25, -0.2) is 0 Å². The zero-order chi connectivity index (χ0) is 12.9. The van der Waals surface area contributed by atoms with Gasteiger partial charge in [0.1, 0.15) is 12.4 Å². The summed E-state index contributed by atoms with van der Waals surface area (Å²) in [7, 11) is 0. The molecular weight excluding hydrogens is 235 g/mol. The molecule has 0 aliphatic carbocycles. The SMILES string of the molecule is CC(=O)C1CCN(CCOCC(F)(F)F)CC1. The van der Waals surface area contributed by atoms with Gasteiger partial charge in [0.25, 0.3) is 0 Å². The second-order valence-electron chi connectivity index (χ2n) is 4.39. The molecule has 1 heterocycles. The van der Waals surface area contributed by atoms with Gasteiger partial charge in [0.2, 0.25) is 0 Å². The molecule has 1 fully saturated rings. The fourth-order valence-corrected chi connectivity index (χ4v) is 1.94. The molecule has 0 amide bonds. The van der Waals surface area contributed by atoms with E-state index in [-0.39, 0.29) is 18.3 Å². The first-order chi connectivity index (χ1) is 7.88. The summed E-state index contributed by atoms with van der Waals surface area (Å²) in [5.74, 6) is 0.334. The van der Waals surface area contributed by atoms with Crippen LogP contribution < -0.4 is 0 Å². The Kier molecular flexibility index (Phi) is 5.39. The Hall–Kier alpha value is -0.620. The average Bonchev–Trinajstić information content (AvgIpc) is 2.24. The normalized spacial score (nSPS) is 19.5. The van der Waals surface area contributed by atoms with Crippen molar-refractivity contribution in [3.8, 4) is 0 Å². The maximum atomic E-state index is 11.8. The first kappa shape index (κ1) is 14.4. The lowest BCUT2D eigenvalue weighted by molar-refractivity contribution is -0.174. The van der Waals surface area contributed by atoms with E-state index < -0.39 is 12.8 Å². The fraction of sp³-hybridized carbons (Fsp3) is 0.909. The quantitative estimate of drug-likeness (QED) is 0.700. The van der Waals surface area contributed by atoms with Crippen molar-refractivity contribution in [2.45, 2.75) is 25.9 Å². The number of ketones is 1. The smallest absolute Gasteiger partial charge is 0.371 e. The van der Waals surface area contributed by atoms with Crippen LogP contribution in [0.2, 0.25) is 0 Å². The highest BCUT2D eigenvalue weighted by Crippen LogP contribution is 2.18. The third-order valence-corrected chi connectivity index (χ3v) is 2.98. The number of hydrogen-bond acceptors (Lipinski definition) is 3. The van der Waals surface area contributed by atoms with Crippen molar-refractivity contribution in [1.82, 2.24) is 4.90 Å². The lowest BCUT2D eigenvalue weighted by Crippen LogP contribution is -2.38. The molecule has 100 valence electrons. The monoisotopic (exact) mass is 253 g/mol. The van der Waals surface area contributed by atoms with Gasteiger partial charge in [0.05, 0.1) is 6.61 Å². The first-order valence-electron chi connectivity index (χ1n) is 5.76. The van der Waals surface area contributed by atoms with Crippen molar-refractivity contribution in [3.63, 3.8) is 0 Å². The largest absolute Gasteiger partial charge is 0.411 e. The van der Waals surface area contributed by atoms with Crippen LogP contribution in [-0.2, 0) is 9.53 Å². The number of carbonyl (C=O) groups excluding carboxylic acids is 1. The summed E-state index contributed by atoms with van der Waals surface area (Å²) in [6, 6.07) is 0. The van der Waals surface area contributed by atoms with Crippen LogP contribution in [0.1, 0.15) is 19.8 Å². The van der Waals surface area contributed by atoms with Crippen LogP contribution >= 0.6 is 0 Å². The number of alkyl halides is 3. The van der Waals surface area contributed by atoms with Gasteiger partial charge >= 0.3 is 6.18 Å². The zero-order valence-electron chi connectivity index (χ0n) is 9.92. The molecule has 1 aliphatic heterocycles. The van der Waals surface area contributed by atoms with E-state index in [9.17, 15) is 18.0 Å². The van der Waals surface area contributed by atoms with Crippen LogP contribution in [0.25, 0.3) is 0 Å². The summed E-state index contributed by atoms with van der Waals surface area (Å²) in [5.41, 5.74) is 0. The van der Waals surface area contributed by atoms with Gasteiger partial charge in [-0.05, 0) is 32.9 Å². The maximum Gasteiger partial charge on any atom is 0.411 e. The molecule has 0 unspecified atom stereocenters. The van der Waals surface area contributed by atoms with Crippen molar-refractivity contribution in [1.29, 1.82) is 0 Å². The Morgan fingerprint density at radius 3 is 2.41 bits per heavy atom. The highest BCUT2D eigenvalue weighted by molar-refractivity contribution is 5.78. The number of carbonyl (C=O) groups is 1. The molecule has 0 spiro atoms. The molecule has 1 saturated heterocycles. The Morgan fingerprint density at radius 2 is 1.94 bits per heavy atom. The van der Waals surface area contributed by atoms with E-state index in [0.717, 1.165) is 25.9 Å². The van der Waals surface area contributed by atoms with Crippen LogP contribution in [0.15, 0.2) is 0 Å². The van der Waals surface area contributed by atoms with Gasteiger partial charge in [0.15, 0.2) is 0 Å². The van der Waals surface area contributed by atoms with E-state index in [2.05, 4.69) is 4.74 Å². The first-order valence-corrected chi connectivity index (χ1v) is 5.76. The topological polar surface area (TPSA) is 29.5 Å². The second kappa shape index (κ2) is 6.35. The highest BCUT2D eigenvalue weighted by atomic mass is 19.4. The van der Waals surface area contributed by atoms with Crippen molar-refractivity contribution in [2.24, 2.45) is 5.92 Å². The number of hydrogen-bond donors (Lipinski definition) is 0. The molecule has 1 aliphatic rings. The Bertz CT molecular complexity index is 248. The second-order valence-corrected chi connectivity index (χ2v) is 4.39. The van der Waals surface area contributed by atoms with Crippen molar-refractivity contribution >= 4 is 5.78 Å². The summed E-state index contributed by atoms with van der Waals surface area (Å²) in [5, 5.41) is 0. The van der Waals surface area contributed by atoms with E-state index in [0.29, 0.717) is 6.54 Å². The highest BCUT2D eigenvalue weighted by Gasteiger charge is 2.27. The minimum Gasteiger partial charge on any atom is -0.371 e. The molecule has 6 heteroatoms. The van der Waals surface area contributed by atoms with E-state index in [1.807, 2.05) is 4.90 Å². The van der Waals surface area contributed by atoms with Crippen LogP contribution in [0.4, 0.5) is 13.2 Å². The summed E-state index contributed by atoms with van der Waals surface area (Å²) in [6.07, 6.45) is -2.65. The number of rotatable bonds is 5. The van der Waals surface area contributed by atoms with Gasteiger partial charge in [-0.3, -0.25) is 4.79 Å². The maximum absolute atomic E-state index is 11.8. The van der Waals surface area contributed by atoms with Crippen LogP contribution in [0.3, 0.4) is 0 Å². The Balaban J connectivity index is 2.09. The average molecular weight is 253 g/mol. The fourth-order valence-electron chi connectivity index (χ4n) is 1.94. The molecule has 0 saturated carbocycles. The lowest BCUT2D eigenvalue weighted by Gasteiger charge is -2.30.